The molecule has 2 rings (SSSR count). The van der Waals surface area contributed by atoms with Gasteiger partial charge >= 0.3 is 5.97 Å². The number of methoxy groups -OCH3 is 1. The van der Waals surface area contributed by atoms with Gasteiger partial charge in [-0.1, -0.05) is 23.4 Å². The van der Waals surface area contributed by atoms with Crippen LogP contribution in [-0.4, -0.2) is 28.1 Å². The van der Waals surface area contributed by atoms with Gasteiger partial charge in [-0.3, -0.25) is 0 Å². The summed E-state index contributed by atoms with van der Waals surface area (Å²) in [4.78, 5) is 10.9. The van der Waals surface area contributed by atoms with E-state index in [-0.39, 0.29) is 0 Å². The number of aromatic nitrogens is 3. The second-order valence-electron chi connectivity index (χ2n) is 3.28. The molecule has 0 atom stereocenters. The first-order valence-electron chi connectivity index (χ1n) is 5.03. The number of hydrogen-bond acceptors (Lipinski definition) is 4. The minimum atomic E-state index is -0.417. The molecule has 0 radical (unpaired) electrons. The van der Waals surface area contributed by atoms with Crippen molar-refractivity contribution in [2.45, 2.75) is 0 Å². The fourth-order valence-corrected chi connectivity index (χ4v) is 1.28. The second kappa shape index (κ2) is 5.07. The van der Waals surface area contributed by atoms with Crippen LogP contribution < -0.4 is 0 Å². The maximum atomic E-state index is 10.9. The zero-order valence-corrected chi connectivity index (χ0v) is 9.28. The average molecular weight is 229 g/mol. The zero-order valence-electron chi connectivity index (χ0n) is 9.28. The van der Waals surface area contributed by atoms with Gasteiger partial charge in [0, 0.05) is 6.08 Å². The van der Waals surface area contributed by atoms with Crippen LogP contribution in [0, 0.1) is 0 Å². The molecule has 0 N–H and O–H groups in total. The van der Waals surface area contributed by atoms with E-state index in [9.17, 15) is 4.79 Å². The molecule has 1 heterocycles. The highest BCUT2D eigenvalue weighted by atomic mass is 16.5. The van der Waals surface area contributed by atoms with Crippen LogP contribution >= 0.6 is 0 Å². The van der Waals surface area contributed by atoms with Crippen LogP contribution in [0.15, 0.2) is 42.6 Å². The Balaban J connectivity index is 2.17. The molecule has 2 aromatic rings. The third-order valence-corrected chi connectivity index (χ3v) is 2.12. The molecule has 0 aliphatic carbocycles. The Labute approximate surface area is 98.3 Å². The van der Waals surface area contributed by atoms with Crippen LogP contribution in [0.25, 0.3) is 11.8 Å². The molecule has 0 aliphatic heterocycles. The number of nitrogens with zero attached hydrogens (tertiary/aromatic N) is 3. The Hall–Kier alpha value is -2.43. The van der Waals surface area contributed by atoms with Crippen molar-refractivity contribution in [2.24, 2.45) is 0 Å². The molecule has 0 unspecified atom stereocenters. The third-order valence-electron chi connectivity index (χ3n) is 2.12. The number of carbonyl (C=O) groups excluding carboxylic acids is 1. The van der Waals surface area contributed by atoms with Crippen LogP contribution in [0.2, 0.25) is 0 Å². The van der Waals surface area contributed by atoms with Gasteiger partial charge in [-0.15, -0.1) is 5.10 Å². The number of ether oxygens (including phenoxy) is 1. The van der Waals surface area contributed by atoms with Crippen LogP contribution in [0.5, 0.6) is 0 Å². The Morgan fingerprint density at radius 3 is 2.82 bits per heavy atom. The fraction of sp³-hybridized carbons (Fsp3) is 0.0833. The summed E-state index contributed by atoms with van der Waals surface area (Å²) in [6, 6.07) is 9.60. The molecule has 17 heavy (non-hydrogen) atoms. The maximum Gasteiger partial charge on any atom is 0.330 e. The first kappa shape index (κ1) is 11.1. The van der Waals surface area contributed by atoms with Crippen molar-refractivity contribution in [2.75, 3.05) is 7.11 Å². The summed E-state index contributed by atoms with van der Waals surface area (Å²) < 4.78 is 6.12. The van der Waals surface area contributed by atoms with E-state index >= 15 is 0 Å². The van der Waals surface area contributed by atoms with Crippen molar-refractivity contribution < 1.29 is 9.53 Å². The van der Waals surface area contributed by atoms with E-state index in [1.165, 1.54) is 13.2 Å². The molecule has 0 aliphatic rings. The van der Waals surface area contributed by atoms with E-state index in [1.54, 1.807) is 17.0 Å². The van der Waals surface area contributed by atoms with Crippen LogP contribution in [0.1, 0.15) is 5.69 Å². The standard InChI is InChI=1S/C12H11N3O2/c1-17-12(16)8-7-10-9-15(14-13-10)11-5-3-2-4-6-11/h2-9H,1H3/b8-7-. The monoisotopic (exact) mass is 229 g/mol. The summed E-state index contributed by atoms with van der Waals surface area (Å²) in [6.07, 6.45) is 4.59. The Morgan fingerprint density at radius 1 is 1.35 bits per heavy atom. The molecule has 0 amide bonds. The highest BCUT2D eigenvalue weighted by molar-refractivity contribution is 5.86. The molecule has 0 saturated heterocycles. The number of carbonyl (C=O) groups is 1. The van der Waals surface area contributed by atoms with E-state index < -0.39 is 5.97 Å². The van der Waals surface area contributed by atoms with Crippen LogP contribution in [-0.2, 0) is 9.53 Å². The summed E-state index contributed by atoms with van der Waals surface area (Å²) in [5.41, 5.74) is 1.51. The van der Waals surface area contributed by atoms with Crippen molar-refractivity contribution in [3.63, 3.8) is 0 Å². The predicted molar refractivity (Wildman–Crippen MR) is 62.4 cm³/mol. The van der Waals surface area contributed by atoms with Gasteiger partial charge in [-0.25, -0.2) is 9.48 Å². The van der Waals surface area contributed by atoms with Gasteiger partial charge in [0.15, 0.2) is 0 Å². The van der Waals surface area contributed by atoms with Gasteiger partial charge in [0.1, 0.15) is 5.69 Å². The Bertz CT molecular complexity index is 532. The summed E-state index contributed by atoms with van der Waals surface area (Å²) in [5, 5.41) is 7.87. The van der Waals surface area contributed by atoms with Gasteiger partial charge in [0.05, 0.1) is 19.0 Å². The minimum Gasteiger partial charge on any atom is -0.466 e. The van der Waals surface area contributed by atoms with Crippen molar-refractivity contribution in [1.82, 2.24) is 15.0 Å². The normalized spacial score (nSPS) is 10.6. The average Bonchev–Trinajstić information content (AvgIpc) is 2.86. The van der Waals surface area contributed by atoms with Crippen molar-refractivity contribution in [1.29, 1.82) is 0 Å². The molecule has 1 aromatic heterocycles. The summed E-state index contributed by atoms with van der Waals surface area (Å²) >= 11 is 0. The zero-order chi connectivity index (χ0) is 12.1. The highest BCUT2D eigenvalue weighted by Crippen LogP contribution is 2.06. The molecule has 86 valence electrons. The smallest absolute Gasteiger partial charge is 0.330 e. The number of esters is 1. The molecular formula is C12H11N3O2. The van der Waals surface area contributed by atoms with E-state index in [1.807, 2.05) is 30.3 Å². The predicted octanol–water partition coefficient (Wildman–Crippen LogP) is 1.45. The van der Waals surface area contributed by atoms with Crippen molar-refractivity contribution in [3.8, 4) is 5.69 Å². The van der Waals surface area contributed by atoms with Crippen molar-refractivity contribution >= 4 is 12.0 Å². The molecule has 5 heteroatoms. The quantitative estimate of drug-likeness (QED) is 0.590. The lowest BCUT2D eigenvalue weighted by atomic mass is 10.3. The first-order valence-corrected chi connectivity index (χ1v) is 5.03. The van der Waals surface area contributed by atoms with Gasteiger partial charge in [-0.05, 0) is 18.2 Å². The van der Waals surface area contributed by atoms with Crippen molar-refractivity contribution in [3.05, 3.63) is 48.3 Å². The van der Waals surface area contributed by atoms with Crippen LogP contribution in [0.3, 0.4) is 0 Å². The second-order valence-corrected chi connectivity index (χ2v) is 3.28. The SMILES string of the molecule is COC(=O)/C=C\c1cn(-c2ccccc2)nn1. The third kappa shape index (κ3) is 2.78. The van der Waals surface area contributed by atoms with Gasteiger partial charge in [0.25, 0.3) is 0 Å². The summed E-state index contributed by atoms with van der Waals surface area (Å²) in [6.45, 7) is 0. The van der Waals surface area contributed by atoms with Crippen LogP contribution in [0.4, 0.5) is 0 Å². The lowest BCUT2D eigenvalue weighted by Crippen LogP contribution is -1.93. The van der Waals surface area contributed by atoms with Gasteiger partial charge in [-0.2, -0.15) is 0 Å². The molecule has 1 aromatic carbocycles. The Morgan fingerprint density at radius 2 is 2.12 bits per heavy atom. The Kier molecular flexibility index (Phi) is 3.30. The highest BCUT2D eigenvalue weighted by Gasteiger charge is 2.00. The first-order chi connectivity index (χ1) is 8.29. The lowest BCUT2D eigenvalue weighted by Gasteiger charge is -1.96. The fourth-order valence-electron chi connectivity index (χ4n) is 1.28. The molecule has 0 bridgehead atoms. The van der Waals surface area contributed by atoms with E-state index in [2.05, 4.69) is 15.0 Å². The van der Waals surface area contributed by atoms with Gasteiger partial charge in [0.2, 0.25) is 0 Å². The largest absolute Gasteiger partial charge is 0.466 e. The number of para-hydroxylation sites is 1. The number of benzene rings is 1. The maximum absolute atomic E-state index is 10.9. The molecule has 0 spiro atoms. The summed E-state index contributed by atoms with van der Waals surface area (Å²) in [7, 11) is 1.33. The molecular weight excluding hydrogens is 218 g/mol. The van der Waals surface area contributed by atoms with E-state index in [0.29, 0.717) is 5.69 Å². The summed E-state index contributed by atoms with van der Waals surface area (Å²) in [5.74, 6) is -0.417. The van der Waals surface area contributed by atoms with E-state index in [4.69, 9.17) is 0 Å². The number of rotatable bonds is 3. The minimum absolute atomic E-state index is 0.417. The number of hydrogen-bond donors (Lipinski definition) is 0. The van der Waals surface area contributed by atoms with E-state index in [0.717, 1.165) is 5.69 Å². The molecule has 0 saturated carbocycles. The molecule has 5 nitrogen and oxygen atoms in total. The molecule has 0 fully saturated rings. The lowest BCUT2D eigenvalue weighted by molar-refractivity contribution is -0.134. The van der Waals surface area contributed by atoms with Gasteiger partial charge < -0.3 is 4.74 Å². The topological polar surface area (TPSA) is 57.0 Å².